The van der Waals surface area contributed by atoms with Crippen molar-refractivity contribution in [3.63, 3.8) is 0 Å². The maximum Gasteiger partial charge on any atom is 0.241 e. The zero-order valence-corrected chi connectivity index (χ0v) is 11.0. The normalized spacial score (nSPS) is 11.6. The summed E-state index contributed by atoms with van der Waals surface area (Å²) in [5.74, 6) is 0. The smallest absolute Gasteiger partial charge is 0.207 e. The van der Waals surface area contributed by atoms with Gasteiger partial charge in [-0.15, -0.1) is 0 Å². The summed E-state index contributed by atoms with van der Waals surface area (Å²) >= 11 is 0. The van der Waals surface area contributed by atoms with Gasteiger partial charge >= 0.3 is 0 Å². The highest BCUT2D eigenvalue weighted by Gasteiger charge is 2.16. The lowest BCUT2D eigenvalue weighted by atomic mass is 10.1. The van der Waals surface area contributed by atoms with Gasteiger partial charge in [0.15, 0.2) is 0 Å². The van der Waals surface area contributed by atoms with E-state index in [0.717, 1.165) is 16.3 Å². The summed E-state index contributed by atoms with van der Waals surface area (Å²) in [6, 6.07) is 12.7. The van der Waals surface area contributed by atoms with Crippen LogP contribution in [0.4, 0.5) is 0 Å². The second kappa shape index (κ2) is 4.92. The maximum absolute atomic E-state index is 12.2. The van der Waals surface area contributed by atoms with Gasteiger partial charge in [0.05, 0.1) is 4.90 Å². The molecule has 4 heteroatoms. The van der Waals surface area contributed by atoms with Crippen LogP contribution >= 0.6 is 0 Å². The molecule has 0 saturated heterocycles. The van der Waals surface area contributed by atoms with E-state index in [9.17, 15) is 8.42 Å². The largest absolute Gasteiger partial charge is 0.241 e. The molecule has 18 heavy (non-hydrogen) atoms. The third kappa shape index (κ3) is 2.60. The Kier molecular flexibility index (Phi) is 3.50. The fourth-order valence-electron chi connectivity index (χ4n) is 1.73. The topological polar surface area (TPSA) is 46.2 Å². The number of nitrogens with one attached hydrogen (secondary N) is 1. The maximum atomic E-state index is 12.2. The van der Waals surface area contributed by atoms with E-state index >= 15 is 0 Å². The molecular weight excluding hydrogens is 246 g/mol. The molecule has 0 unspecified atom stereocenters. The Bertz CT molecular complexity index is 685. The number of fused-ring (bicyclic) bond motifs is 1. The summed E-state index contributed by atoms with van der Waals surface area (Å²) < 4.78 is 26.9. The molecule has 0 atom stereocenters. The lowest BCUT2D eigenvalue weighted by molar-refractivity contribution is 0.585. The lowest BCUT2D eigenvalue weighted by Gasteiger charge is -2.09. The standard InChI is InChI=1S/C14H15NO2S/c1-11(2)10-15-18(16,17)14-9-5-7-12-6-3-4-8-13(12)14/h3-9,15H,1,10H2,2H3. The van der Waals surface area contributed by atoms with Crippen molar-refractivity contribution in [3.05, 3.63) is 54.6 Å². The number of rotatable bonds is 4. The zero-order chi connectivity index (χ0) is 13.2. The third-order valence-electron chi connectivity index (χ3n) is 2.60. The molecule has 0 aliphatic carbocycles. The summed E-state index contributed by atoms with van der Waals surface area (Å²) in [6.07, 6.45) is 0. The first-order valence-electron chi connectivity index (χ1n) is 5.62. The van der Waals surface area contributed by atoms with Gasteiger partial charge in [0.1, 0.15) is 0 Å². The van der Waals surface area contributed by atoms with Gasteiger partial charge in [-0.05, 0) is 18.4 Å². The number of hydrogen-bond acceptors (Lipinski definition) is 2. The van der Waals surface area contributed by atoms with Crippen LogP contribution in [0.2, 0.25) is 0 Å². The van der Waals surface area contributed by atoms with Gasteiger partial charge in [0.25, 0.3) is 0 Å². The molecule has 0 radical (unpaired) electrons. The average molecular weight is 261 g/mol. The molecule has 2 aromatic rings. The average Bonchev–Trinajstić information content (AvgIpc) is 2.36. The Morgan fingerprint density at radius 2 is 1.83 bits per heavy atom. The van der Waals surface area contributed by atoms with E-state index in [1.54, 1.807) is 19.1 Å². The minimum atomic E-state index is -3.49. The van der Waals surface area contributed by atoms with E-state index in [-0.39, 0.29) is 6.54 Å². The van der Waals surface area contributed by atoms with Gasteiger partial charge in [-0.3, -0.25) is 0 Å². The van der Waals surface area contributed by atoms with Crippen molar-refractivity contribution in [3.8, 4) is 0 Å². The van der Waals surface area contributed by atoms with Crippen LogP contribution in [0.3, 0.4) is 0 Å². The first-order valence-corrected chi connectivity index (χ1v) is 7.11. The van der Waals surface area contributed by atoms with Crippen molar-refractivity contribution in [1.29, 1.82) is 0 Å². The van der Waals surface area contributed by atoms with E-state index in [1.807, 2.05) is 30.3 Å². The molecule has 0 saturated carbocycles. The quantitative estimate of drug-likeness (QED) is 0.860. The predicted octanol–water partition coefficient (Wildman–Crippen LogP) is 2.69. The first-order chi connectivity index (χ1) is 8.50. The van der Waals surface area contributed by atoms with Crippen LogP contribution in [-0.2, 0) is 10.0 Å². The fourth-order valence-corrected chi connectivity index (χ4v) is 3.05. The van der Waals surface area contributed by atoms with Crippen molar-refractivity contribution >= 4 is 20.8 Å². The van der Waals surface area contributed by atoms with Gasteiger partial charge < -0.3 is 0 Å². The van der Waals surface area contributed by atoms with Crippen molar-refractivity contribution in [2.24, 2.45) is 0 Å². The second-order valence-electron chi connectivity index (χ2n) is 4.26. The van der Waals surface area contributed by atoms with Gasteiger partial charge in [0, 0.05) is 11.9 Å². The van der Waals surface area contributed by atoms with Crippen molar-refractivity contribution < 1.29 is 8.42 Å². The molecular formula is C14H15NO2S. The molecule has 2 rings (SSSR count). The van der Waals surface area contributed by atoms with Gasteiger partial charge in [0.2, 0.25) is 10.0 Å². The second-order valence-corrected chi connectivity index (χ2v) is 5.99. The van der Waals surface area contributed by atoms with E-state index in [2.05, 4.69) is 11.3 Å². The minimum absolute atomic E-state index is 0.256. The highest BCUT2D eigenvalue weighted by molar-refractivity contribution is 7.89. The molecule has 0 fully saturated rings. The molecule has 0 aliphatic rings. The Labute approximate surface area is 107 Å². The highest BCUT2D eigenvalue weighted by atomic mass is 32.2. The number of benzene rings is 2. The number of sulfonamides is 1. The van der Waals surface area contributed by atoms with Crippen molar-refractivity contribution in [2.75, 3.05) is 6.54 Å². The lowest BCUT2D eigenvalue weighted by Crippen LogP contribution is -2.25. The van der Waals surface area contributed by atoms with E-state index < -0.39 is 10.0 Å². The van der Waals surface area contributed by atoms with E-state index in [4.69, 9.17) is 0 Å². The molecule has 0 heterocycles. The predicted molar refractivity (Wildman–Crippen MR) is 74.0 cm³/mol. The van der Waals surface area contributed by atoms with Gasteiger partial charge in [-0.25, -0.2) is 13.1 Å². The van der Waals surface area contributed by atoms with Gasteiger partial charge in [-0.2, -0.15) is 0 Å². The zero-order valence-electron chi connectivity index (χ0n) is 10.2. The van der Waals surface area contributed by atoms with E-state index in [1.165, 1.54) is 0 Å². The van der Waals surface area contributed by atoms with Crippen LogP contribution in [0.25, 0.3) is 10.8 Å². The van der Waals surface area contributed by atoms with Crippen molar-refractivity contribution in [1.82, 2.24) is 4.72 Å². The van der Waals surface area contributed by atoms with Crippen molar-refractivity contribution in [2.45, 2.75) is 11.8 Å². The van der Waals surface area contributed by atoms with Crippen LogP contribution in [0.15, 0.2) is 59.5 Å². The summed E-state index contributed by atoms with van der Waals surface area (Å²) in [5, 5.41) is 1.64. The number of hydrogen-bond donors (Lipinski definition) is 1. The third-order valence-corrected chi connectivity index (χ3v) is 4.06. The molecule has 3 nitrogen and oxygen atoms in total. The van der Waals surface area contributed by atoms with E-state index in [0.29, 0.717) is 4.90 Å². The van der Waals surface area contributed by atoms with Crippen LogP contribution < -0.4 is 4.72 Å². The first kappa shape index (κ1) is 12.8. The molecule has 1 N–H and O–H groups in total. The minimum Gasteiger partial charge on any atom is -0.207 e. The molecule has 2 aromatic carbocycles. The van der Waals surface area contributed by atoms with Crippen LogP contribution in [0, 0.1) is 0 Å². The fraction of sp³-hybridized carbons (Fsp3) is 0.143. The summed E-state index contributed by atoms with van der Waals surface area (Å²) in [5.41, 5.74) is 0.777. The van der Waals surface area contributed by atoms with Crippen LogP contribution in [-0.4, -0.2) is 15.0 Å². The van der Waals surface area contributed by atoms with Crippen LogP contribution in [0.5, 0.6) is 0 Å². The molecule has 94 valence electrons. The Morgan fingerprint density at radius 1 is 1.17 bits per heavy atom. The molecule has 0 aromatic heterocycles. The Hall–Kier alpha value is -1.65. The summed E-state index contributed by atoms with van der Waals surface area (Å²) in [7, 11) is -3.49. The molecule has 0 aliphatic heterocycles. The molecule has 0 amide bonds. The summed E-state index contributed by atoms with van der Waals surface area (Å²) in [4.78, 5) is 0.307. The van der Waals surface area contributed by atoms with Gasteiger partial charge in [-0.1, -0.05) is 48.6 Å². The Balaban J connectivity index is 2.50. The molecule has 0 bridgehead atoms. The monoisotopic (exact) mass is 261 g/mol. The molecule has 0 spiro atoms. The Morgan fingerprint density at radius 3 is 2.56 bits per heavy atom. The SMILES string of the molecule is C=C(C)CNS(=O)(=O)c1cccc2ccccc12. The van der Waals surface area contributed by atoms with Crippen LogP contribution in [0.1, 0.15) is 6.92 Å². The summed E-state index contributed by atoms with van der Waals surface area (Å²) in [6.45, 7) is 5.73. The highest BCUT2D eigenvalue weighted by Crippen LogP contribution is 2.22.